The molecule has 0 radical (unpaired) electrons. The number of hydrogen-bond donors (Lipinski definition) is 0. The first-order valence-electron chi connectivity index (χ1n) is 3.17. The van der Waals surface area contributed by atoms with Gasteiger partial charge in [-0.2, -0.15) is 0 Å². The van der Waals surface area contributed by atoms with Crippen molar-refractivity contribution in [2.24, 2.45) is 0 Å². The number of carbonyl (C=O) groups excluding carboxylic acids is 1. The Hall–Kier alpha value is 0.0900. The molecule has 1 aromatic carbocycles. The van der Waals surface area contributed by atoms with Gasteiger partial charge in [-0.3, -0.25) is 4.79 Å². The number of halogens is 1. The van der Waals surface area contributed by atoms with Crippen LogP contribution in [0.2, 0.25) is 0 Å². The third-order valence-electron chi connectivity index (χ3n) is 1.37. The normalized spacial score (nSPS) is 10.4. The van der Waals surface area contributed by atoms with Crippen molar-refractivity contribution in [1.82, 2.24) is 0 Å². The molecule has 0 saturated carbocycles. The van der Waals surface area contributed by atoms with Gasteiger partial charge in [0.15, 0.2) is 0 Å². The van der Waals surface area contributed by atoms with Crippen molar-refractivity contribution >= 4 is 27.0 Å². The maximum atomic E-state index is 10.5. The zero-order valence-electron chi connectivity index (χ0n) is 7.23. The predicted molar refractivity (Wildman–Crippen MR) is 44.6 cm³/mol. The molecule has 1 rings (SSSR count). The van der Waals surface area contributed by atoms with Crippen LogP contribution in [0.3, 0.4) is 0 Å². The van der Waals surface area contributed by atoms with Gasteiger partial charge in [0.25, 0.3) is 5.24 Å². The fourth-order valence-electron chi connectivity index (χ4n) is 0.753. The van der Waals surface area contributed by atoms with Gasteiger partial charge in [0.2, 0.25) is 0 Å². The van der Waals surface area contributed by atoms with Crippen LogP contribution < -0.4 is 29.6 Å². The Bertz CT molecular complexity index is 426. The van der Waals surface area contributed by atoms with Crippen LogP contribution in [0, 0.1) is 0 Å². The minimum absolute atomic E-state index is 0. The van der Waals surface area contributed by atoms with E-state index in [0.717, 1.165) is 12.1 Å². The van der Waals surface area contributed by atoms with Crippen LogP contribution in [0.5, 0.6) is 0 Å². The van der Waals surface area contributed by atoms with Crippen LogP contribution >= 0.6 is 11.6 Å². The van der Waals surface area contributed by atoms with Crippen molar-refractivity contribution in [2.75, 3.05) is 0 Å². The fourth-order valence-corrected chi connectivity index (χ4v) is 1.35. The smallest absolute Gasteiger partial charge is 0.744 e. The SMILES string of the molecule is O=C(Cl)c1ccc(S(=O)(=O)[O-])cc1.[Na+]. The van der Waals surface area contributed by atoms with E-state index >= 15 is 0 Å². The molecule has 0 aliphatic heterocycles. The van der Waals surface area contributed by atoms with E-state index in [-0.39, 0.29) is 40.0 Å². The monoisotopic (exact) mass is 242 g/mol. The van der Waals surface area contributed by atoms with Gasteiger partial charge in [-0.05, 0) is 35.9 Å². The quantitative estimate of drug-likeness (QED) is 0.341. The van der Waals surface area contributed by atoms with Gasteiger partial charge in [-0.25, -0.2) is 8.42 Å². The summed E-state index contributed by atoms with van der Waals surface area (Å²) >= 11 is 5.10. The molecule has 0 aromatic heterocycles. The van der Waals surface area contributed by atoms with Gasteiger partial charge in [0.05, 0.1) is 4.90 Å². The van der Waals surface area contributed by atoms with Gasteiger partial charge in [-0.15, -0.1) is 0 Å². The van der Waals surface area contributed by atoms with Crippen LogP contribution in [0.4, 0.5) is 0 Å². The fraction of sp³-hybridized carbons (Fsp3) is 0. The Labute approximate surface area is 108 Å². The summed E-state index contributed by atoms with van der Waals surface area (Å²) in [6.07, 6.45) is 0. The van der Waals surface area contributed by atoms with E-state index in [1.807, 2.05) is 0 Å². The Kier molecular flexibility index (Phi) is 5.28. The maximum absolute atomic E-state index is 10.5. The summed E-state index contributed by atoms with van der Waals surface area (Å²) in [6.45, 7) is 0. The van der Waals surface area contributed by atoms with Crippen LogP contribution in [0.15, 0.2) is 29.2 Å². The number of carbonyl (C=O) groups is 1. The van der Waals surface area contributed by atoms with Gasteiger partial charge in [-0.1, -0.05) is 0 Å². The van der Waals surface area contributed by atoms with E-state index < -0.39 is 15.4 Å². The molecule has 0 heterocycles. The molecule has 0 saturated heterocycles. The summed E-state index contributed by atoms with van der Waals surface area (Å²) in [5.41, 5.74) is 0.147. The number of benzene rings is 1. The van der Waals surface area contributed by atoms with Gasteiger partial charge < -0.3 is 4.55 Å². The molecule has 0 fully saturated rings. The van der Waals surface area contributed by atoms with E-state index in [2.05, 4.69) is 0 Å². The average Bonchev–Trinajstić information content (AvgIpc) is 2.03. The maximum Gasteiger partial charge on any atom is 1.00 e. The zero-order chi connectivity index (χ0) is 10.1. The molecule has 0 aliphatic rings. The predicted octanol–water partition coefficient (Wildman–Crippen LogP) is -2.03. The minimum atomic E-state index is -4.45. The van der Waals surface area contributed by atoms with Gasteiger partial charge >= 0.3 is 29.6 Å². The third kappa shape index (κ3) is 3.68. The van der Waals surface area contributed by atoms with Crippen molar-refractivity contribution in [2.45, 2.75) is 4.90 Å². The molecule has 7 heteroatoms. The van der Waals surface area contributed by atoms with E-state index in [1.165, 1.54) is 12.1 Å². The van der Waals surface area contributed by atoms with Crippen molar-refractivity contribution < 1.29 is 47.3 Å². The molecular weight excluding hydrogens is 239 g/mol. The van der Waals surface area contributed by atoms with Crippen LogP contribution in [-0.4, -0.2) is 18.2 Å². The largest absolute Gasteiger partial charge is 1.00 e. The molecule has 0 amide bonds. The van der Waals surface area contributed by atoms with Crippen molar-refractivity contribution in [3.63, 3.8) is 0 Å². The Morgan fingerprint density at radius 1 is 1.21 bits per heavy atom. The molecule has 70 valence electrons. The zero-order valence-corrected chi connectivity index (χ0v) is 10.8. The minimum Gasteiger partial charge on any atom is -0.744 e. The van der Waals surface area contributed by atoms with Crippen LogP contribution in [0.25, 0.3) is 0 Å². The Morgan fingerprint density at radius 3 is 1.93 bits per heavy atom. The van der Waals surface area contributed by atoms with Crippen molar-refractivity contribution in [3.05, 3.63) is 29.8 Å². The molecule has 0 spiro atoms. The van der Waals surface area contributed by atoms with Crippen LogP contribution in [0.1, 0.15) is 10.4 Å². The molecule has 0 N–H and O–H groups in total. The van der Waals surface area contributed by atoms with Crippen molar-refractivity contribution in [3.8, 4) is 0 Å². The summed E-state index contributed by atoms with van der Waals surface area (Å²) < 4.78 is 31.3. The molecule has 0 bridgehead atoms. The van der Waals surface area contributed by atoms with E-state index in [9.17, 15) is 17.8 Å². The Balaban J connectivity index is 0.00000169. The molecule has 0 aliphatic carbocycles. The van der Waals surface area contributed by atoms with Gasteiger partial charge in [0, 0.05) is 5.56 Å². The molecule has 4 nitrogen and oxygen atoms in total. The second kappa shape index (κ2) is 5.25. The number of rotatable bonds is 2. The average molecular weight is 243 g/mol. The first-order chi connectivity index (χ1) is 5.91. The van der Waals surface area contributed by atoms with E-state index in [4.69, 9.17) is 11.6 Å². The second-order valence-electron chi connectivity index (χ2n) is 2.25. The van der Waals surface area contributed by atoms with Crippen molar-refractivity contribution in [1.29, 1.82) is 0 Å². The van der Waals surface area contributed by atoms with E-state index in [1.54, 1.807) is 0 Å². The Morgan fingerprint density at radius 2 is 1.64 bits per heavy atom. The van der Waals surface area contributed by atoms with Crippen LogP contribution in [-0.2, 0) is 10.1 Å². The molecule has 0 atom stereocenters. The first kappa shape index (κ1) is 14.1. The summed E-state index contributed by atoms with van der Waals surface area (Å²) in [7, 11) is -4.45. The summed E-state index contributed by atoms with van der Waals surface area (Å²) in [4.78, 5) is 10.2. The summed E-state index contributed by atoms with van der Waals surface area (Å²) in [5.74, 6) is 0. The third-order valence-corrected chi connectivity index (χ3v) is 2.44. The molecular formula is C7H4ClNaO4S. The second-order valence-corrected chi connectivity index (χ2v) is 3.98. The van der Waals surface area contributed by atoms with Gasteiger partial charge in [0.1, 0.15) is 10.1 Å². The topological polar surface area (TPSA) is 74.3 Å². The standard InChI is InChI=1S/C7H5ClO4S.Na/c8-7(9)5-1-3-6(4-2-5)13(10,11)12;/h1-4H,(H,10,11,12);/q;+1/p-1. The molecule has 1 aromatic rings. The molecule has 0 unspecified atom stereocenters. The summed E-state index contributed by atoms with van der Waals surface area (Å²) in [6, 6.07) is 4.44. The molecule has 14 heavy (non-hydrogen) atoms. The van der Waals surface area contributed by atoms with E-state index in [0.29, 0.717) is 0 Å². The summed E-state index contributed by atoms with van der Waals surface area (Å²) in [5, 5.41) is -0.699. The number of hydrogen-bond acceptors (Lipinski definition) is 4. The first-order valence-corrected chi connectivity index (χ1v) is 4.95.